The molecule has 0 amide bonds. The Labute approximate surface area is 134 Å². The molecule has 1 aromatic carbocycles. The van der Waals surface area contributed by atoms with Crippen LogP contribution in [0.25, 0.3) is 11.0 Å². The molecule has 0 spiro atoms. The first-order chi connectivity index (χ1) is 11.3. The van der Waals surface area contributed by atoms with E-state index in [0.717, 1.165) is 6.07 Å². The highest BCUT2D eigenvalue weighted by Gasteiger charge is 2.35. The van der Waals surface area contributed by atoms with Gasteiger partial charge < -0.3 is 4.74 Å². The Balaban J connectivity index is 1.99. The number of hydrogen-bond donors (Lipinski definition) is 0. The Morgan fingerprint density at radius 3 is 2.46 bits per heavy atom. The quantitative estimate of drug-likeness (QED) is 0.677. The Morgan fingerprint density at radius 2 is 1.83 bits per heavy atom. The van der Waals surface area contributed by atoms with E-state index in [9.17, 15) is 17.6 Å². The average molecular weight is 339 g/mol. The summed E-state index contributed by atoms with van der Waals surface area (Å²) in [4.78, 5) is 4.11. The Kier molecular flexibility index (Phi) is 3.90. The lowest BCUT2D eigenvalue weighted by molar-refractivity contribution is -0.136. The zero-order valence-corrected chi connectivity index (χ0v) is 12.9. The van der Waals surface area contributed by atoms with Gasteiger partial charge in [-0.1, -0.05) is 12.1 Å². The van der Waals surface area contributed by atoms with Crippen molar-refractivity contribution in [3.63, 3.8) is 0 Å². The topological polar surface area (TPSA) is 39.9 Å². The molecule has 0 aliphatic heterocycles. The first kappa shape index (κ1) is 16.2. The van der Waals surface area contributed by atoms with Gasteiger partial charge in [0.2, 0.25) is 5.88 Å². The number of aromatic nitrogens is 3. The highest BCUT2D eigenvalue weighted by molar-refractivity contribution is 5.83. The predicted octanol–water partition coefficient (Wildman–Crippen LogP) is 4.01. The molecule has 0 unspecified atom stereocenters. The van der Waals surface area contributed by atoms with Gasteiger partial charge in [0, 0.05) is 13.1 Å². The van der Waals surface area contributed by atoms with Crippen molar-refractivity contribution in [3.8, 4) is 5.88 Å². The van der Waals surface area contributed by atoms with Gasteiger partial charge in [0.1, 0.15) is 12.4 Å². The van der Waals surface area contributed by atoms with Crippen molar-refractivity contribution in [3.05, 3.63) is 53.0 Å². The summed E-state index contributed by atoms with van der Waals surface area (Å²) in [5, 5.41) is 3.95. The molecular weight excluding hydrogens is 326 g/mol. The molecule has 2 heterocycles. The van der Waals surface area contributed by atoms with E-state index in [0.29, 0.717) is 5.56 Å². The largest absolute Gasteiger partial charge is 0.473 e. The van der Waals surface area contributed by atoms with Gasteiger partial charge in [0.25, 0.3) is 0 Å². The van der Waals surface area contributed by atoms with Crippen LogP contribution in [0.5, 0.6) is 5.88 Å². The van der Waals surface area contributed by atoms with E-state index in [2.05, 4.69) is 10.1 Å². The predicted molar refractivity (Wildman–Crippen MR) is 79.0 cm³/mol. The van der Waals surface area contributed by atoms with Crippen LogP contribution in [0, 0.1) is 12.7 Å². The number of alkyl halides is 3. The maximum absolute atomic E-state index is 13.3. The fraction of sp³-hybridized carbons (Fsp3) is 0.250. The van der Waals surface area contributed by atoms with Gasteiger partial charge in [-0.15, -0.1) is 0 Å². The van der Waals surface area contributed by atoms with Crippen molar-refractivity contribution in [1.82, 2.24) is 14.8 Å². The third-order valence-electron chi connectivity index (χ3n) is 3.55. The van der Waals surface area contributed by atoms with E-state index in [1.54, 1.807) is 0 Å². The SMILES string of the molecule is Cc1nn(C)c2nc(OCc3ccc(F)cc3)cc(C(F)(F)F)c12. The van der Waals surface area contributed by atoms with Crippen LogP contribution in [-0.4, -0.2) is 14.8 Å². The smallest absolute Gasteiger partial charge is 0.417 e. The van der Waals surface area contributed by atoms with Gasteiger partial charge in [0.15, 0.2) is 5.65 Å². The summed E-state index contributed by atoms with van der Waals surface area (Å²) in [6.07, 6.45) is -4.55. The number of aryl methyl sites for hydroxylation is 2. The lowest BCUT2D eigenvalue weighted by Crippen LogP contribution is -2.08. The molecule has 0 aliphatic rings. The molecule has 0 bridgehead atoms. The number of hydrogen-bond acceptors (Lipinski definition) is 3. The van der Waals surface area contributed by atoms with Crippen molar-refractivity contribution in [2.45, 2.75) is 19.7 Å². The van der Waals surface area contributed by atoms with Crippen molar-refractivity contribution in [2.24, 2.45) is 7.05 Å². The second-order valence-electron chi connectivity index (χ2n) is 5.33. The Hall–Kier alpha value is -2.64. The van der Waals surface area contributed by atoms with E-state index in [4.69, 9.17) is 4.74 Å². The van der Waals surface area contributed by atoms with Gasteiger partial charge in [-0.2, -0.15) is 23.3 Å². The third-order valence-corrected chi connectivity index (χ3v) is 3.55. The summed E-state index contributed by atoms with van der Waals surface area (Å²) >= 11 is 0. The first-order valence-corrected chi connectivity index (χ1v) is 7.04. The number of nitrogens with zero attached hydrogens (tertiary/aromatic N) is 3. The summed E-state index contributed by atoms with van der Waals surface area (Å²) in [5.74, 6) is -0.565. The summed E-state index contributed by atoms with van der Waals surface area (Å²) in [7, 11) is 1.52. The Morgan fingerprint density at radius 1 is 1.17 bits per heavy atom. The van der Waals surface area contributed by atoms with Gasteiger partial charge in [0.05, 0.1) is 16.6 Å². The van der Waals surface area contributed by atoms with Gasteiger partial charge in [-0.05, 0) is 24.6 Å². The molecule has 0 aliphatic carbocycles. The van der Waals surface area contributed by atoms with Crippen LogP contribution >= 0.6 is 0 Å². The van der Waals surface area contributed by atoms with Crippen molar-refractivity contribution < 1.29 is 22.3 Å². The summed E-state index contributed by atoms with van der Waals surface area (Å²) < 4.78 is 59.5. The van der Waals surface area contributed by atoms with Crippen molar-refractivity contribution in [1.29, 1.82) is 0 Å². The van der Waals surface area contributed by atoms with Gasteiger partial charge >= 0.3 is 6.18 Å². The molecule has 0 fully saturated rings. The molecule has 0 atom stereocenters. The van der Waals surface area contributed by atoms with Crippen molar-refractivity contribution in [2.75, 3.05) is 0 Å². The molecule has 0 radical (unpaired) electrons. The van der Waals surface area contributed by atoms with E-state index in [1.165, 1.54) is 42.9 Å². The van der Waals surface area contributed by atoms with E-state index >= 15 is 0 Å². The molecular formula is C16H13F4N3O. The third kappa shape index (κ3) is 3.04. The minimum absolute atomic E-state index is 0.0209. The van der Waals surface area contributed by atoms with Crippen LogP contribution < -0.4 is 4.74 Å². The fourth-order valence-corrected chi connectivity index (χ4v) is 2.46. The number of rotatable bonds is 3. The highest BCUT2D eigenvalue weighted by Crippen LogP contribution is 2.37. The highest BCUT2D eigenvalue weighted by atomic mass is 19.4. The number of benzene rings is 1. The van der Waals surface area contributed by atoms with Crippen LogP contribution in [0.15, 0.2) is 30.3 Å². The molecule has 0 N–H and O–H groups in total. The normalized spacial score (nSPS) is 11.9. The van der Waals surface area contributed by atoms with E-state index in [-0.39, 0.29) is 29.2 Å². The monoisotopic (exact) mass is 339 g/mol. The molecule has 8 heteroatoms. The molecule has 24 heavy (non-hydrogen) atoms. The standard InChI is InChI=1S/C16H13F4N3O/c1-9-14-12(16(18,19)20)7-13(21-15(14)23(2)22-9)24-8-10-3-5-11(17)6-4-10/h3-7H,8H2,1-2H3. The lowest BCUT2D eigenvalue weighted by atomic mass is 10.1. The molecule has 0 saturated carbocycles. The van der Waals surface area contributed by atoms with E-state index in [1.807, 2.05) is 0 Å². The lowest BCUT2D eigenvalue weighted by Gasteiger charge is -2.12. The zero-order chi connectivity index (χ0) is 17.5. The number of pyridine rings is 1. The maximum atomic E-state index is 13.3. The molecule has 0 saturated heterocycles. The molecule has 4 nitrogen and oxygen atoms in total. The van der Waals surface area contributed by atoms with Gasteiger partial charge in [-0.3, -0.25) is 4.68 Å². The van der Waals surface area contributed by atoms with Crippen LogP contribution in [0.4, 0.5) is 17.6 Å². The second kappa shape index (κ2) is 5.77. The molecule has 2 aromatic heterocycles. The summed E-state index contributed by atoms with van der Waals surface area (Å²) in [5.41, 5.74) is 0.120. The number of ether oxygens (including phenoxy) is 1. The molecule has 3 rings (SSSR count). The van der Waals surface area contributed by atoms with Gasteiger partial charge in [-0.25, -0.2) is 4.39 Å². The van der Waals surface area contributed by atoms with Crippen LogP contribution in [0.1, 0.15) is 16.8 Å². The summed E-state index contributed by atoms with van der Waals surface area (Å²) in [6.45, 7) is 1.48. The minimum Gasteiger partial charge on any atom is -0.473 e. The van der Waals surface area contributed by atoms with Crippen LogP contribution in [0.2, 0.25) is 0 Å². The Bertz CT molecular complexity index is 885. The first-order valence-electron chi connectivity index (χ1n) is 7.04. The molecule has 3 aromatic rings. The second-order valence-corrected chi connectivity index (χ2v) is 5.33. The fourth-order valence-electron chi connectivity index (χ4n) is 2.46. The number of fused-ring (bicyclic) bond motifs is 1. The molecule has 126 valence electrons. The van der Waals surface area contributed by atoms with Crippen LogP contribution in [-0.2, 0) is 19.8 Å². The average Bonchev–Trinajstić information content (AvgIpc) is 2.80. The maximum Gasteiger partial charge on any atom is 0.417 e. The van der Waals surface area contributed by atoms with Crippen LogP contribution in [0.3, 0.4) is 0 Å². The summed E-state index contributed by atoms with van der Waals surface area (Å²) in [6, 6.07) is 6.35. The zero-order valence-electron chi connectivity index (χ0n) is 12.9. The van der Waals surface area contributed by atoms with E-state index < -0.39 is 17.6 Å². The minimum atomic E-state index is -4.55. The van der Waals surface area contributed by atoms with Crippen molar-refractivity contribution >= 4 is 11.0 Å². The number of halogens is 4.